The fourth-order valence-electron chi connectivity index (χ4n) is 3.84. The number of hydrogen-bond acceptors (Lipinski definition) is 6. The predicted octanol–water partition coefficient (Wildman–Crippen LogP) is 4.28. The number of pyridine rings is 2. The van der Waals surface area contributed by atoms with E-state index in [1.54, 1.807) is 67.3 Å². The third kappa shape index (κ3) is 4.77. The van der Waals surface area contributed by atoms with Crippen LogP contribution in [0.1, 0.15) is 42.5 Å². The molecule has 33 heavy (non-hydrogen) atoms. The normalized spacial score (nSPS) is 17.4. The SMILES string of the molecule is CCCCOc1cccc(C(O)=C2C(=O)C(=O)N(Cc3cccnc3)C2c2cccnc2)c1. The third-order valence-electron chi connectivity index (χ3n) is 5.49. The lowest BCUT2D eigenvalue weighted by Crippen LogP contribution is -2.29. The number of ether oxygens (including phenoxy) is 1. The molecule has 1 aromatic carbocycles. The number of unbranched alkanes of at least 4 members (excludes halogenated alkanes) is 1. The van der Waals surface area contributed by atoms with Crippen molar-refractivity contribution in [2.75, 3.05) is 6.61 Å². The van der Waals surface area contributed by atoms with Gasteiger partial charge in [0.2, 0.25) is 0 Å². The number of Topliss-reactive ketones (excluding diaryl/α,β-unsaturated/α-hetero) is 1. The standard InChI is InChI=1S/C26H25N3O4/c1-2-3-13-33-21-10-4-8-19(14-21)24(30)22-23(20-9-6-12-28-16-20)29(26(32)25(22)31)17-18-7-5-11-27-15-18/h4-12,14-16,23,30H,2-3,13,17H2,1H3. The van der Waals surface area contributed by atoms with Gasteiger partial charge in [-0.15, -0.1) is 0 Å². The van der Waals surface area contributed by atoms with E-state index in [1.165, 1.54) is 4.90 Å². The summed E-state index contributed by atoms with van der Waals surface area (Å²) in [7, 11) is 0. The van der Waals surface area contributed by atoms with Crippen molar-refractivity contribution >= 4 is 17.4 Å². The maximum Gasteiger partial charge on any atom is 0.295 e. The average molecular weight is 444 g/mol. The number of aliphatic hydroxyl groups excluding tert-OH is 1. The Kier molecular flexibility index (Phi) is 6.78. The van der Waals surface area contributed by atoms with E-state index in [1.807, 2.05) is 6.07 Å². The molecule has 3 heterocycles. The number of ketones is 1. The molecule has 1 aliphatic heterocycles. The topological polar surface area (TPSA) is 92.6 Å². The van der Waals surface area contributed by atoms with E-state index in [9.17, 15) is 14.7 Å². The summed E-state index contributed by atoms with van der Waals surface area (Å²) in [4.78, 5) is 35.9. The number of amides is 1. The minimum absolute atomic E-state index is 0.0302. The molecular weight excluding hydrogens is 418 g/mol. The van der Waals surface area contributed by atoms with Crippen LogP contribution in [0.4, 0.5) is 0 Å². The smallest absolute Gasteiger partial charge is 0.295 e. The van der Waals surface area contributed by atoms with Crippen LogP contribution in [0.5, 0.6) is 5.75 Å². The summed E-state index contributed by atoms with van der Waals surface area (Å²) in [6, 6.07) is 13.3. The Morgan fingerprint density at radius 1 is 1.06 bits per heavy atom. The van der Waals surface area contributed by atoms with E-state index in [2.05, 4.69) is 16.9 Å². The average Bonchev–Trinajstić information content (AvgIpc) is 3.10. The van der Waals surface area contributed by atoms with Crippen LogP contribution in [0.25, 0.3) is 5.76 Å². The summed E-state index contributed by atoms with van der Waals surface area (Å²) in [5.41, 5.74) is 1.86. The Morgan fingerprint density at radius 2 is 1.85 bits per heavy atom. The zero-order chi connectivity index (χ0) is 23.2. The molecule has 1 amide bonds. The number of benzene rings is 1. The van der Waals surface area contributed by atoms with E-state index in [0.29, 0.717) is 23.5 Å². The third-order valence-corrected chi connectivity index (χ3v) is 5.49. The Balaban J connectivity index is 1.76. The Labute approximate surface area is 192 Å². The lowest BCUT2D eigenvalue weighted by Gasteiger charge is -2.25. The maximum absolute atomic E-state index is 13.1. The van der Waals surface area contributed by atoms with Gasteiger partial charge in [-0.25, -0.2) is 0 Å². The highest BCUT2D eigenvalue weighted by atomic mass is 16.5. The van der Waals surface area contributed by atoms with Gasteiger partial charge in [-0.2, -0.15) is 0 Å². The van der Waals surface area contributed by atoms with Gasteiger partial charge < -0.3 is 14.7 Å². The van der Waals surface area contributed by atoms with Gasteiger partial charge in [-0.05, 0) is 41.8 Å². The van der Waals surface area contributed by atoms with Crippen LogP contribution in [0.15, 0.2) is 78.9 Å². The quantitative estimate of drug-likeness (QED) is 0.242. The first-order chi connectivity index (χ1) is 16.1. The van der Waals surface area contributed by atoms with Crippen LogP contribution in [-0.2, 0) is 16.1 Å². The minimum atomic E-state index is -0.774. The van der Waals surface area contributed by atoms with Crippen LogP contribution in [-0.4, -0.2) is 38.3 Å². The zero-order valence-electron chi connectivity index (χ0n) is 18.3. The molecule has 0 saturated carbocycles. The second-order valence-corrected chi connectivity index (χ2v) is 7.80. The first-order valence-electron chi connectivity index (χ1n) is 10.9. The van der Waals surface area contributed by atoms with Gasteiger partial charge in [-0.1, -0.05) is 37.6 Å². The lowest BCUT2D eigenvalue weighted by molar-refractivity contribution is -0.140. The van der Waals surface area contributed by atoms with E-state index < -0.39 is 17.7 Å². The maximum atomic E-state index is 13.1. The van der Waals surface area contributed by atoms with Crippen molar-refractivity contribution in [1.29, 1.82) is 0 Å². The molecule has 1 saturated heterocycles. The van der Waals surface area contributed by atoms with Gasteiger partial charge in [0.25, 0.3) is 11.7 Å². The first-order valence-corrected chi connectivity index (χ1v) is 10.9. The molecule has 0 spiro atoms. The monoisotopic (exact) mass is 443 g/mol. The van der Waals surface area contributed by atoms with Gasteiger partial charge in [0, 0.05) is 36.9 Å². The van der Waals surface area contributed by atoms with Crippen LogP contribution in [0.3, 0.4) is 0 Å². The van der Waals surface area contributed by atoms with Gasteiger partial charge >= 0.3 is 0 Å². The summed E-state index contributed by atoms with van der Waals surface area (Å²) in [5, 5.41) is 11.2. The van der Waals surface area contributed by atoms with Crippen molar-refractivity contribution in [3.63, 3.8) is 0 Å². The fraction of sp³-hybridized carbons (Fsp3) is 0.231. The van der Waals surface area contributed by atoms with Gasteiger partial charge in [0.1, 0.15) is 11.5 Å². The Hall–Kier alpha value is -4.00. The molecule has 1 N–H and O–H groups in total. The first kappa shape index (κ1) is 22.2. The van der Waals surface area contributed by atoms with Crippen molar-refractivity contribution in [1.82, 2.24) is 14.9 Å². The van der Waals surface area contributed by atoms with Gasteiger partial charge in [0.15, 0.2) is 0 Å². The summed E-state index contributed by atoms with van der Waals surface area (Å²) >= 11 is 0. The summed E-state index contributed by atoms with van der Waals surface area (Å²) in [6.45, 7) is 2.81. The molecule has 0 bridgehead atoms. The molecule has 1 atom stereocenters. The summed E-state index contributed by atoms with van der Waals surface area (Å²) < 4.78 is 5.75. The summed E-state index contributed by atoms with van der Waals surface area (Å²) in [6.07, 6.45) is 8.43. The van der Waals surface area contributed by atoms with E-state index in [4.69, 9.17) is 4.74 Å². The molecule has 4 rings (SSSR count). The zero-order valence-corrected chi connectivity index (χ0v) is 18.3. The highest BCUT2D eigenvalue weighted by molar-refractivity contribution is 6.46. The number of aromatic nitrogens is 2. The molecule has 1 fully saturated rings. The van der Waals surface area contributed by atoms with Crippen LogP contribution < -0.4 is 4.74 Å². The number of nitrogens with zero attached hydrogens (tertiary/aromatic N) is 3. The molecule has 1 aliphatic rings. The highest BCUT2D eigenvalue weighted by Crippen LogP contribution is 2.40. The lowest BCUT2D eigenvalue weighted by atomic mass is 9.96. The predicted molar refractivity (Wildman–Crippen MR) is 123 cm³/mol. The number of carbonyl (C=O) groups excluding carboxylic acids is 2. The van der Waals surface area contributed by atoms with Crippen molar-refractivity contribution in [2.45, 2.75) is 32.4 Å². The number of hydrogen-bond donors (Lipinski definition) is 1. The van der Waals surface area contributed by atoms with Crippen molar-refractivity contribution in [2.24, 2.45) is 0 Å². The highest BCUT2D eigenvalue weighted by Gasteiger charge is 2.46. The van der Waals surface area contributed by atoms with Gasteiger partial charge in [0.05, 0.1) is 18.2 Å². The molecule has 3 aromatic rings. The number of carbonyl (C=O) groups is 2. The fourth-order valence-corrected chi connectivity index (χ4v) is 3.84. The Morgan fingerprint density at radius 3 is 2.55 bits per heavy atom. The van der Waals surface area contributed by atoms with Crippen LogP contribution >= 0.6 is 0 Å². The molecule has 0 radical (unpaired) electrons. The molecular formula is C26H25N3O4. The second-order valence-electron chi connectivity index (χ2n) is 7.80. The van der Waals surface area contributed by atoms with Gasteiger partial charge in [-0.3, -0.25) is 19.6 Å². The molecule has 2 aromatic heterocycles. The summed E-state index contributed by atoms with van der Waals surface area (Å²) in [5.74, 6) is -1.06. The largest absolute Gasteiger partial charge is 0.507 e. The molecule has 7 nitrogen and oxygen atoms in total. The molecule has 0 aliphatic carbocycles. The number of aliphatic hydroxyl groups is 1. The second kappa shape index (κ2) is 10.1. The Bertz CT molecular complexity index is 1160. The van der Waals surface area contributed by atoms with E-state index in [-0.39, 0.29) is 17.9 Å². The van der Waals surface area contributed by atoms with Crippen LogP contribution in [0, 0.1) is 0 Å². The van der Waals surface area contributed by atoms with E-state index >= 15 is 0 Å². The van der Waals surface area contributed by atoms with Crippen molar-refractivity contribution < 1.29 is 19.4 Å². The van der Waals surface area contributed by atoms with Crippen molar-refractivity contribution in [3.8, 4) is 5.75 Å². The number of rotatable bonds is 8. The molecule has 168 valence electrons. The number of likely N-dealkylation sites (tertiary alicyclic amines) is 1. The van der Waals surface area contributed by atoms with E-state index in [0.717, 1.165) is 18.4 Å². The molecule has 7 heteroatoms. The van der Waals surface area contributed by atoms with Crippen molar-refractivity contribution in [3.05, 3.63) is 95.6 Å². The minimum Gasteiger partial charge on any atom is -0.507 e. The van der Waals surface area contributed by atoms with Crippen LogP contribution in [0.2, 0.25) is 0 Å². The molecule has 1 unspecified atom stereocenters.